The van der Waals surface area contributed by atoms with Crippen molar-refractivity contribution in [2.45, 2.75) is 4.84 Å². The number of rotatable bonds is 3. The molecule has 6 heteroatoms. The van der Waals surface area contributed by atoms with Gasteiger partial charge in [-0.2, -0.15) is 4.39 Å². The van der Waals surface area contributed by atoms with Gasteiger partial charge in [0.2, 0.25) is 0 Å². The van der Waals surface area contributed by atoms with Gasteiger partial charge in [0.15, 0.2) is 16.4 Å². The van der Waals surface area contributed by atoms with Crippen LogP contribution in [0, 0.1) is 5.95 Å². The van der Waals surface area contributed by atoms with Gasteiger partial charge < -0.3 is 4.74 Å². The van der Waals surface area contributed by atoms with Crippen LogP contribution in [0.5, 0.6) is 5.75 Å². The Labute approximate surface area is 89.8 Å². The number of alkyl halides is 2. The predicted octanol–water partition coefficient (Wildman–Crippen LogP) is 2.22. The molecule has 0 radical (unpaired) electrons. The lowest BCUT2D eigenvalue weighted by molar-refractivity contribution is 0.100. The quantitative estimate of drug-likeness (QED) is 0.460. The molecule has 1 aromatic rings. The van der Waals surface area contributed by atoms with Crippen LogP contribution in [0.25, 0.3) is 0 Å². The fourth-order valence-electron chi connectivity index (χ4n) is 0.928. The van der Waals surface area contributed by atoms with Crippen LogP contribution in [0.15, 0.2) is 12.3 Å². The first-order chi connectivity index (χ1) is 6.57. The third-order valence-electron chi connectivity index (χ3n) is 1.53. The largest absolute Gasteiger partial charge is 0.491 e. The number of ether oxygens (including phenoxy) is 1. The highest BCUT2D eigenvalue weighted by molar-refractivity contribution is 6.55. The molecule has 0 fully saturated rings. The Bertz CT molecular complexity index is 357. The lowest BCUT2D eigenvalue weighted by Gasteiger charge is -2.07. The molecule has 0 spiro atoms. The number of nitrogens with zero attached hydrogens (tertiary/aromatic N) is 1. The first kappa shape index (κ1) is 11.2. The molecule has 0 aliphatic carbocycles. The van der Waals surface area contributed by atoms with Gasteiger partial charge in [0, 0.05) is 6.20 Å². The van der Waals surface area contributed by atoms with Gasteiger partial charge in [-0.15, -0.1) is 0 Å². The van der Waals surface area contributed by atoms with Gasteiger partial charge >= 0.3 is 0 Å². The Morgan fingerprint density at radius 3 is 2.79 bits per heavy atom. The second-order valence-electron chi connectivity index (χ2n) is 2.35. The fraction of sp³-hybridized carbons (Fsp3) is 0.250. The number of hydrogen-bond donors (Lipinski definition) is 0. The van der Waals surface area contributed by atoms with Crippen molar-refractivity contribution in [3.63, 3.8) is 0 Å². The number of halogens is 3. The monoisotopic (exact) mass is 237 g/mol. The molecule has 3 nitrogen and oxygen atoms in total. The lowest BCUT2D eigenvalue weighted by atomic mass is 10.2. The van der Waals surface area contributed by atoms with Crippen molar-refractivity contribution in [2.75, 3.05) is 7.11 Å². The second kappa shape index (κ2) is 4.57. The summed E-state index contributed by atoms with van der Waals surface area (Å²) >= 11 is 10.7. The smallest absolute Gasteiger partial charge is 0.255 e. The van der Waals surface area contributed by atoms with E-state index in [0.717, 1.165) is 6.20 Å². The van der Waals surface area contributed by atoms with E-state index in [1.54, 1.807) is 0 Å². The molecule has 0 atom stereocenters. The number of hydrogen-bond acceptors (Lipinski definition) is 3. The molecule has 14 heavy (non-hydrogen) atoms. The molecule has 0 bridgehead atoms. The average molecular weight is 238 g/mol. The highest BCUT2D eigenvalue weighted by atomic mass is 35.5. The van der Waals surface area contributed by atoms with Gasteiger partial charge in [-0.1, -0.05) is 23.2 Å². The molecule has 0 saturated carbocycles. The number of carbonyl (C=O) groups excluding carboxylic acids is 1. The summed E-state index contributed by atoms with van der Waals surface area (Å²) in [5.74, 6) is -1.73. The lowest BCUT2D eigenvalue weighted by Crippen LogP contribution is -2.11. The maximum absolute atomic E-state index is 13.0. The first-order valence-corrected chi connectivity index (χ1v) is 4.46. The summed E-state index contributed by atoms with van der Waals surface area (Å²) in [5, 5.41) is 0. The zero-order valence-corrected chi connectivity index (χ0v) is 8.64. The Kier molecular flexibility index (Phi) is 3.66. The van der Waals surface area contributed by atoms with E-state index in [9.17, 15) is 9.18 Å². The number of aromatic nitrogens is 1. The standard InChI is InChI=1S/C8H6Cl2FNO2/c1-14-6-4(5(13)7(9)10)2-3-12-8(6)11/h2-3,7H,1H3. The molecule has 1 heterocycles. The maximum Gasteiger partial charge on any atom is 0.255 e. The fourth-order valence-corrected chi connectivity index (χ4v) is 1.16. The Morgan fingerprint density at radius 1 is 1.64 bits per heavy atom. The van der Waals surface area contributed by atoms with Crippen LogP contribution in [0.4, 0.5) is 4.39 Å². The molecule has 0 aliphatic rings. The first-order valence-electron chi connectivity index (χ1n) is 3.58. The minimum Gasteiger partial charge on any atom is -0.491 e. The number of methoxy groups -OCH3 is 1. The summed E-state index contributed by atoms with van der Waals surface area (Å²) in [6, 6.07) is 1.29. The van der Waals surface area contributed by atoms with Crippen molar-refractivity contribution >= 4 is 29.0 Å². The van der Waals surface area contributed by atoms with E-state index < -0.39 is 16.6 Å². The van der Waals surface area contributed by atoms with E-state index in [1.165, 1.54) is 13.2 Å². The summed E-state index contributed by atoms with van der Waals surface area (Å²) in [6.07, 6.45) is 1.14. The highest BCUT2D eigenvalue weighted by Gasteiger charge is 2.21. The van der Waals surface area contributed by atoms with Gasteiger partial charge in [-0.25, -0.2) is 4.98 Å². The van der Waals surface area contributed by atoms with Crippen molar-refractivity contribution in [3.05, 3.63) is 23.8 Å². The highest BCUT2D eigenvalue weighted by Crippen LogP contribution is 2.23. The van der Waals surface area contributed by atoms with Crippen LogP contribution in [-0.2, 0) is 0 Å². The minimum absolute atomic E-state index is 0.0185. The van der Waals surface area contributed by atoms with Crippen LogP contribution >= 0.6 is 23.2 Å². The zero-order chi connectivity index (χ0) is 10.7. The third-order valence-corrected chi connectivity index (χ3v) is 1.93. The predicted molar refractivity (Wildman–Crippen MR) is 50.6 cm³/mol. The molecular weight excluding hydrogens is 232 g/mol. The van der Waals surface area contributed by atoms with Gasteiger partial charge in [0.25, 0.3) is 5.95 Å². The van der Waals surface area contributed by atoms with Gasteiger partial charge in [-0.05, 0) is 6.07 Å². The summed E-state index contributed by atoms with van der Waals surface area (Å²) in [4.78, 5) is 13.4. The third kappa shape index (κ3) is 2.13. The van der Waals surface area contributed by atoms with E-state index in [0.29, 0.717) is 0 Å². The molecule has 76 valence electrons. The number of Topliss-reactive ketones (excluding diaryl/α,β-unsaturated/α-hetero) is 1. The number of carbonyl (C=O) groups is 1. The summed E-state index contributed by atoms with van der Waals surface area (Å²) < 4.78 is 17.7. The topological polar surface area (TPSA) is 39.2 Å². The normalized spacial score (nSPS) is 10.4. The molecular formula is C8H6Cl2FNO2. The van der Waals surface area contributed by atoms with E-state index >= 15 is 0 Å². The van der Waals surface area contributed by atoms with Crippen LogP contribution in [-0.4, -0.2) is 22.7 Å². The SMILES string of the molecule is COc1c(C(=O)C(Cl)Cl)ccnc1F. The van der Waals surface area contributed by atoms with Crippen molar-refractivity contribution in [3.8, 4) is 5.75 Å². The van der Waals surface area contributed by atoms with Crippen molar-refractivity contribution in [2.24, 2.45) is 0 Å². The van der Waals surface area contributed by atoms with Crippen LogP contribution in [0.2, 0.25) is 0 Å². The second-order valence-corrected chi connectivity index (χ2v) is 3.44. The minimum atomic E-state index is -1.24. The van der Waals surface area contributed by atoms with E-state index in [1.807, 2.05) is 0 Å². The van der Waals surface area contributed by atoms with E-state index in [-0.39, 0.29) is 11.3 Å². The molecule has 1 rings (SSSR count). The molecule has 1 aromatic heterocycles. The van der Waals surface area contributed by atoms with Gasteiger partial charge in [-0.3, -0.25) is 4.79 Å². The van der Waals surface area contributed by atoms with Crippen LogP contribution < -0.4 is 4.74 Å². The molecule has 0 N–H and O–H groups in total. The molecule has 0 saturated heterocycles. The van der Waals surface area contributed by atoms with Crippen molar-refractivity contribution in [1.82, 2.24) is 4.98 Å². The number of pyridine rings is 1. The molecule has 0 amide bonds. The molecule has 0 aromatic carbocycles. The van der Waals surface area contributed by atoms with Gasteiger partial charge in [0.05, 0.1) is 12.7 Å². The van der Waals surface area contributed by atoms with Crippen molar-refractivity contribution < 1.29 is 13.9 Å². The Hall–Kier alpha value is -0.870. The number of ketones is 1. The van der Waals surface area contributed by atoms with E-state index in [2.05, 4.69) is 9.72 Å². The zero-order valence-electron chi connectivity index (χ0n) is 7.13. The molecule has 0 unspecified atom stereocenters. The Balaban J connectivity index is 3.20. The average Bonchev–Trinajstić information content (AvgIpc) is 2.16. The van der Waals surface area contributed by atoms with Crippen LogP contribution in [0.3, 0.4) is 0 Å². The molecule has 0 aliphatic heterocycles. The van der Waals surface area contributed by atoms with E-state index in [4.69, 9.17) is 23.2 Å². The summed E-state index contributed by atoms with van der Waals surface area (Å²) in [6.45, 7) is 0. The maximum atomic E-state index is 13.0. The van der Waals surface area contributed by atoms with Crippen molar-refractivity contribution in [1.29, 1.82) is 0 Å². The van der Waals surface area contributed by atoms with Crippen LogP contribution in [0.1, 0.15) is 10.4 Å². The van der Waals surface area contributed by atoms with Gasteiger partial charge in [0.1, 0.15) is 0 Å². The summed E-state index contributed by atoms with van der Waals surface area (Å²) in [7, 11) is 1.23. The summed E-state index contributed by atoms with van der Waals surface area (Å²) in [5.41, 5.74) is -0.0185. The Morgan fingerprint density at radius 2 is 2.29 bits per heavy atom.